The second-order valence-corrected chi connectivity index (χ2v) is 7.74. The Morgan fingerprint density at radius 3 is 2.47 bits per heavy atom. The van der Waals surface area contributed by atoms with Gasteiger partial charge in [0.25, 0.3) is 11.7 Å². The summed E-state index contributed by atoms with van der Waals surface area (Å²) in [5, 5.41) is 2.82. The monoisotopic (exact) mass is 414 g/mol. The third-order valence-corrected chi connectivity index (χ3v) is 5.74. The molecule has 160 valence electrons. The first kappa shape index (κ1) is 21.7. The van der Waals surface area contributed by atoms with Crippen molar-refractivity contribution in [1.82, 2.24) is 4.57 Å². The van der Waals surface area contributed by atoms with Gasteiger partial charge in [-0.3, -0.25) is 9.59 Å². The fourth-order valence-electron chi connectivity index (χ4n) is 4.35. The number of carbonyl (C=O) groups is 3. The standard InChI is InChI=1S/C23H27FN2O4/c1-5-30-23(29)21(27)19-14(3)18(20(26(19)4)15-8-6-7-9-15)22(28)25-16-10-11-17(24)13(2)12-16/h10-12,15H,5-9H2,1-4H3,(H,25,28). The molecule has 1 aliphatic rings. The van der Waals surface area contributed by atoms with E-state index in [-0.39, 0.29) is 29.9 Å². The number of Topliss-reactive ketones (excluding diaryl/α,β-unsaturated/α-hetero) is 1. The molecule has 0 spiro atoms. The van der Waals surface area contributed by atoms with E-state index >= 15 is 0 Å². The Bertz CT molecular complexity index is 1000. The first-order valence-corrected chi connectivity index (χ1v) is 10.2. The van der Waals surface area contributed by atoms with Crippen molar-refractivity contribution in [3.63, 3.8) is 0 Å². The molecule has 1 N–H and O–H groups in total. The van der Waals surface area contributed by atoms with Crippen LogP contribution >= 0.6 is 0 Å². The Balaban J connectivity index is 2.06. The molecule has 1 amide bonds. The quantitative estimate of drug-likeness (QED) is 0.431. The maximum absolute atomic E-state index is 13.6. The zero-order valence-electron chi connectivity index (χ0n) is 17.8. The number of aromatic nitrogens is 1. The SMILES string of the molecule is CCOC(=O)C(=O)c1c(C)c(C(=O)Nc2ccc(F)c(C)c2)c(C2CCCC2)n1C. The van der Waals surface area contributed by atoms with E-state index < -0.39 is 11.8 Å². The number of rotatable bonds is 6. The fraction of sp³-hybridized carbons (Fsp3) is 0.435. The molecular weight excluding hydrogens is 387 g/mol. The van der Waals surface area contributed by atoms with Crippen LogP contribution in [0.3, 0.4) is 0 Å². The summed E-state index contributed by atoms with van der Waals surface area (Å²) >= 11 is 0. The Labute approximate surface area is 175 Å². The summed E-state index contributed by atoms with van der Waals surface area (Å²) in [5.41, 5.74) is 2.68. The lowest BCUT2D eigenvalue weighted by Gasteiger charge is -2.15. The Morgan fingerprint density at radius 1 is 1.20 bits per heavy atom. The van der Waals surface area contributed by atoms with Crippen molar-refractivity contribution < 1.29 is 23.5 Å². The lowest BCUT2D eigenvalue weighted by Crippen LogP contribution is -2.21. The van der Waals surface area contributed by atoms with Crippen molar-refractivity contribution in [2.75, 3.05) is 11.9 Å². The molecule has 3 rings (SSSR count). The molecule has 1 aromatic carbocycles. The van der Waals surface area contributed by atoms with Gasteiger partial charge in [-0.15, -0.1) is 0 Å². The van der Waals surface area contributed by atoms with E-state index in [9.17, 15) is 18.8 Å². The van der Waals surface area contributed by atoms with E-state index in [1.54, 1.807) is 38.5 Å². The maximum Gasteiger partial charge on any atom is 0.381 e. The Morgan fingerprint density at radius 2 is 1.87 bits per heavy atom. The third kappa shape index (κ3) is 4.01. The van der Waals surface area contributed by atoms with E-state index in [4.69, 9.17) is 4.74 Å². The molecule has 1 saturated carbocycles. The number of ether oxygens (including phenoxy) is 1. The van der Waals surface area contributed by atoms with Gasteiger partial charge < -0.3 is 14.6 Å². The van der Waals surface area contributed by atoms with Crippen LogP contribution in [0.1, 0.15) is 76.2 Å². The van der Waals surface area contributed by atoms with Crippen LogP contribution in [0.25, 0.3) is 0 Å². The Hall–Kier alpha value is -2.96. The normalized spacial score (nSPS) is 14.0. The molecule has 0 aliphatic heterocycles. The molecule has 1 heterocycles. The van der Waals surface area contributed by atoms with Gasteiger partial charge in [-0.05, 0) is 62.9 Å². The van der Waals surface area contributed by atoms with Crippen LogP contribution < -0.4 is 5.32 Å². The number of benzene rings is 1. The number of hydrogen-bond acceptors (Lipinski definition) is 4. The molecule has 1 aliphatic carbocycles. The molecule has 6 nitrogen and oxygen atoms in total. The van der Waals surface area contributed by atoms with Gasteiger partial charge in [0.05, 0.1) is 12.2 Å². The summed E-state index contributed by atoms with van der Waals surface area (Å²) < 4.78 is 20.1. The van der Waals surface area contributed by atoms with Crippen LogP contribution in [-0.4, -0.2) is 28.8 Å². The van der Waals surface area contributed by atoms with Gasteiger partial charge in [0.15, 0.2) is 0 Å². The highest BCUT2D eigenvalue weighted by Gasteiger charge is 2.34. The van der Waals surface area contributed by atoms with E-state index in [0.717, 1.165) is 31.4 Å². The molecule has 1 fully saturated rings. The molecule has 0 radical (unpaired) electrons. The number of ketones is 1. The summed E-state index contributed by atoms with van der Waals surface area (Å²) in [7, 11) is 1.71. The van der Waals surface area contributed by atoms with Gasteiger partial charge in [-0.2, -0.15) is 0 Å². The minimum Gasteiger partial charge on any atom is -0.460 e. The number of amides is 1. The lowest BCUT2D eigenvalue weighted by atomic mass is 9.97. The van der Waals surface area contributed by atoms with Crippen LogP contribution in [0.5, 0.6) is 0 Å². The molecule has 0 unspecified atom stereocenters. The molecule has 7 heteroatoms. The van der Waals surface area contributed by atoms with Crippen molar-refractivity contribution in [1.29, 1.82) is 0 Å². The van der Waals surface area contributed by atoms with Gasteiger partial charge in [0.2, 0.25) is 0 Å². The predicted octanol–water partition coefficient (Wildman–Crippen LogP) is 4.44. The molecule has 0 atom stereocenters. The van der Waals surface area contributed by atoms with Crippen molar-refractivity contribution in [2.45, 2.75) is 52.4 Å². The van der Waals surface area contributed by atoms with Crippen molar-refractivity contribution >= 4 is 23.3 Å². The number of anilines is 1. The lowest BCUT2D eigenvalue weighted by molar-refractivity contribution is -0.137. The summed E-state index contributed by atoms with van der Waals surface area (Å²) in [6.45, 7) is 5.03. The molecular formula is C23H27FN2O4. The highest BCUT2D eigenvalue weighted by atomic mass is 19.1. The van der Waals surface area contributed by atoms with Gasteiger partial charge in [0, 0.05) is 24.3 Å². The number of halogens is 1. The molecule has 1 aromatic heterocycles. The average Bonchev–Trinajstić information content (AvgIpc) is 3.30. The number of hydrogen-bond donors (Lipinski definition) is 1. The maximum atomic E-state index is 13.6. The summed E-state index contributed by atoms with van der Waals surface area (Å²) in [6, 6.07) is 4.36. The highest BCUT2D eigenvalue weighted by Crippen LogP contribution is 2.39. The number of esters is 1. The second kappa shape index (κ2) is 8.81. The predicted molar refractivity (Wildman–Crippen MR) is 111 cm³/mol. The fourth-order valence-corrected chi connectivity index (χ4v) is 4.35. The van der Waals surface area contributed by atoms with Crippen LogP contribution in [-0.2, 0) is 16.6 Å². The minimum atomic E-state index is -0.930. The molecule has 0 bridgehead atoms. The largest absolute Gasteiger partial charge is 0.460 e. The van der Waals surface area contributed by atoms with Crippen LogP contribution in [0.15, 0.2) is 18.2 Å². The van der Waals surface area contributed by atoms with Gasteiger partial charge >= 0.3 is 5.97 Å². The third-order valence-electron chi connectivity index (χ3n) is 5.74. The van der Waals surface area contributed by atoms with Crippen molar-refractivity contribution in [2.24, 2.45) is 7.05 Å². The first-order valence-electron chi connectivity index (χ1n) is 10.2. The number of nitrogens with zero attached hydrogens (tertiary/aromatic N) is 1. The van der Waals surface area contributed by atoms with Gasteiger partial charge in [-0.25, -0.2) is 9.18 Å². The van der Waals surface area contributed by atoms with E-state index in [1.807, 2.05) is 0 Å². The minimum absolute atomic E-state index is 0.0980. The summed E-state index contributed by atoms with van der Waals surface area (Å²) in [5.74, 6) is -2.28. The molecule has 2 aromatic rings. The molecule has 30 heavy (non-hydrogen) atoms. The van der Waals surface area contributed by atoms with Gasteiger partial charge in [-0.1, -0.05) is 12.8 Å². The summed E-state index contributed by atoms with van der Waals surface area (Å²) in [6.07, 6.45) is 3.93. The average molecular weight is 414 g/mol. The van der Waals surface area contributed by atoms with Crippen molar-refractivity contribution in [3.05, 3.63) is 52.1 Å². The van der Waals surface area contributed by atoms with Crippen LogP contribution in [0, 0.1) is 19.7 Å². The summed E-state index contributed by atoms with van der Waals surface area (Å²) in [4.78, 5) is 38.1. The Kier molecular flexibility index (Phi) is 6.39. The first-order chi connectivity index (χ1) is 14.3. The highest BCUT2D eigenvalue weighted by molar-refractivity contribution is 6.40. The zero-order chi connectivity index (χ0) is 22.0. The smallest absolute Gasteiger partial charge is 0.381 e. The van der Waals surface area contributed by atoms with Crippen LogP contribution in [0.4, 0.5) is 10.1 Å². The topological polar surface area (TPSA) is 77.4 Å². The van der Waals surface area contributed by atoms with Crippen molar-refractivity contribution in [3.8, 4) is 0 Å². The second-order valence-electron chi connectivity index (χ2n) is 7.74. The van der Waals surface area contributed by atoms with E-state index in [1.165, 1.54) is 12.1 Å². The van der Waals surface area contributed by atoms with E-state index in [0.29, 0.717) is 22.4 Å². The van der Waals surface area contributed by atoms with E-state index in [2.05, 4.69) is 5.32 Å². The number of nitrogens with one attached hydrogen (secondary N) is 1. The zero-order valence-corrected chi connectivity index (χ0v) is 17.8. The number of aryl methyl sites for hydroxylation is 1. The van der Waals surface area contributed by atoms with Crippen LogP contribution in [0.2, 0.25) is 0 Å². The van der Waals surface area contributed by atoms with Gasteiger partial charge in [0.1, 0.15) is 11.5 Å². The number of carbonyl (C=O) groups excluding carboxylic acids is 3. The molecule has 0 saturated heterocycles.